The Morgan fingerprint density at radius 2 is 0.662 bits per heavy atom. The first-order chi connectivity index (χ1) is 32.1. The molecule has 0 amide bonds. The van der Waals surface area contributed by atoms with E-state index in [1.54, 1.807) is 0 Å². The van der Waals surface area contributed by atoms with E-state index in [1.807, 2.05) is 0 Å². The van der Waals surface area contributed by atoms with Crippen molar-refractivity contribution in [2.45, 2.75) is 232 Å². The van der Waals surface area contributed by atoms with Crippen molar-refractivity contribution in [1.82, 2.24) is 0 Å². The molecule has 0 saturated carbocycles. The smallest absolute Gasteiger partial charge is 0.306 e. The predicted molar refractivity (Wildman–Crippen MR) is 283 cm³/mol. The van der Waals surface area contributed by atoms with Crippen molar-refractivity contribution in [3.8, 4) is 0 Å². The van der Waals surface area contributed by atoms with Crippen LogP contribution in [0.2, 0.25) is 0 Å². The zero-order valence-corrected chi connectivity index (χ0v) is 42.0. The predicted octanol–water partition coefficient (Wildman–Crippen LogP) is 17.9. The van der Waals surface area contributed by atoms with Crippen LogP contribution in [0, 0.1) is 0 Å². The van der Waals surface area contributed by atoms with Crippen molar-refractivity contribution >= 4 is 11.9 Å². The van der Waals surface area contributed by atoms with Gasteiger partial charge in [0.05, 0.1) is 6.61 Å². The number of carbonyl (C=O) groups is 2. The standard InChI is InChI=1S/C60H98O5/c1-3-5-7-9-11-13-15-17-18-19-20-21-22-23-24-25-26-27-28-29-30-31-32-33-34-35-36-37-38-39-40-41-42-43-45-47-49-51-53-55-60(63)65-58(56-61)57-64-59(62)54-52-50-48-46-44-16-14-12-10-8-6-4-2/h5,7,11-14,17-18,20-21,23-24,26-27,29-30,32-33,35-36,58,61H,3-4,6,8-10,15-16,19,22,25,28,31,34,37-57H2,1-2H3/b7-5-,13-11-,14-12-,18-17-,21-20-,24-23-,27-26-,30-29-,33-32-,36-35-. The van der Waals surface area contributed by atoms with Crippen molar-refractivity contribution in [1.29, 1.82) is 0 Å². The fourth-order valence-corrected chi connectivity index (χ4v) is 7.01. The molecule has 1 N–H and O–H groups in total. The normalized spacial score (nSPS) is 13.2. The summed E-state index contributed by atoms with van der Waals surface area (Å²) in [7, 11) is 0. The third-order valence-corrected chi connectivity index (χ3v) is 11.0. The second-order valence-electron chi connectivity index (χ2n) is 17.2. The van der Waals surface area contributed by atoms with Crippen LogP contribution in [-0.4, -0.2) is 36.4 Å². The van der Waals surface area contributed by atoms with Gasteiger partial charge in [-0.15, -0.1) is 0 Å². The van der Waals surface area contributed by atoms with Gasteiger partial charge in [-0.2, -0.15) is 0 Å². The highest BCUT2D eigenvalue weighted by atomic mass is 16.6. The molecule has 0 aromatic rings. The minimum Gasteiger partial charge on any atom is -0.462 e. The molecule has 0 bridgehead atoms. The topological polar surface area (TPSA) is 72.8 Å². The molecule has 5 nitrogen and oxygen atoms in total. The summed E-state index contributed by atoms with van der Waals surface area (Å²) < 4.78 is 10.6. The minimum absolute atomic E-state index is 0.0761. The Morgan fingerprint density at radius 1 is 0.369 bits per heavy atom. The Morgan fingerprint density at radius 3 is 1.02 bits per heavy atom. The van der Waals surface area contributed by atoms with E-state index < -0.39 is 6.10 Å². The molecule has 368 valence electrons. The second-order valence-corrected chi connectivity index (χ2v) is 17.2. The monoisotopic (exact) mass is 899 g/mol. The van der Waals surface area contributed by atoms with E-state index in [0.717, 1.165) is 103 Å². The summed E-state index contributed by atoms with van der Waals surface area (Å²) in [6, 6.07) is 0. The van der Waals surface area contributed by atoms with Crippen LogP contribution in [0.3, 0.4) is 0 Å². The number of allylic oxidation sites excluding steroid dienone is 20. The van der Waals surface area contributed by atoms with Gasteiger partial charge in [0.25, 0.3) is 0 Å². The van der Waals surface area contributed by atoms with Gasteiger partial charge in [0, 0.05) is 12.8 Å². The van der Waals surface area contributed by atoms with Gasteiger partial charge < -0.3 is 14.6 Å². The summed E-state index contributed by atoms with van der Waals surface area (Å²) >= 11 is 0. The first kappa shape index (κ1) is 61.3. The number of carbonyl (C=O) groups excluding carboxylic acids is 2. The molecule has 0 rings (SSSR count). The van der Waals surface area contributed by atoms with Crippen molar-refractivity contribution < 1.29 is 24.2 Å². The van der Waals surface area contributed by atoms with Crippen molar-refractivity contribution in [2.75, 3.05) is 13.2 Å². The Labute approximate surface area is 401 Å². The molecule has 1 unspecified atom stereocenters. The van der Waals surface area contributed by atoms with Crippen LogP contribution in [0.15, 0.2) is 122 Å². The maximum atomic E-state index is 12.3. The van der Waals surface area contributed by atoms with Crippen LogP contribution in [0.25, 0.3) is 0 Å². The summed E-state index contributed by atoms with van der Waals surface area (Å²) in [5.41, 5.74) is 0. The number of aliphatic hydroxyl groups is 1. The number of ether oxygens (including phenoxy) is 2. The molecule has 0 aromatic heterocycles. The summed E-state index contributed by atoms with van der Waals surface area (Å²) in [6.45, 7) is 3.98. The SMILES string of the molecule is CC/C=C\C/C=C\C/C=C\C/C=C\C/C=C\C/C=C\C/C=C\C/C=C\C/C=C\CCCCCCCCCCCCCC(=O)OC(CO)COC(=O)CCCCCCC/C=C\CCCCC. The molecule has 0 fully saturated rings. The highest BCUT2D eigenvalue weighted by molar-refractivity contribution is 5.70. The quantitative estimate of drug-likeness (QED) is 0.0374. The van der Waals surface area contributed by atoms with E-state index in [1.165, 1.54) is 96.3 Å². The zero-order chi connectivity index (χ0) is 47.0. The molecule has 0 saturated heterocycles. The number of rotatable bonds is 47. The van der Waals surface area contributed by atoms with Gasteiger partial charge in [0.15, 0.2) is 6.10 Å². The van der Waals surface area contributed by atoms with Crippen molar-refractivity contribution in [3.05, 3.63) is 122 Å². The molecule has 0 aromatic carbocycles. The van der Waals surface area contributed by atoms with Crippen molar-refractivity contribution in [2.24, 2.45) is 0 Å². The number of unbranched alkanes of at least 4 members (excludes halogenated alkanes) is 19. The van der Waals surface area contributed by atoms with Gasteiger partial charge in [-0.05, 0) is 109 Å². The first-order valence-corrected chi connectivity index (χ1v) is 26.6. The van der Waals surface area contributed by atoms with Crippen LogP contribution in [0.1, 0.15) is 226 Å². The largest absolute Gasteiger partial charge is 0.462 e. The molecular formula is C60H98O5. The van der Waals surface area contributed by atoms with E-state index >= 15 is 0 Å². The third kappa shape index (κ3) is 52.8. The van der Waals surface area contributed by atoms with Crippen LogP contribution in [-0.2, 0) is 19.1 Å². The van der Waals surface area contributed by atoms with Gasteiger partial charge in [-0.25, -0.2) is 0 Å². The third-order valence-electron chi connectivity index (χ3n) is 11.0. The maximum Gasteiger partial charge on any atom is 0.306 e. The average Bonchev–Trinajstić information content (AvgIpc) is 3.31. The minimum atomic E-state index is -0.782. The highest BCUT2D eigenvalue weighted by Gasteiger charge is 2.16. The van der Waals surface area contributed by atoms with Gasteiger partial charge in [-0.1, -0.05) is 225 Å². The lowest BCUT2D eigenvalue weighted by atomic mass is 10.0. The van der Waals surface area contributed by atoms with Crippen molar-refractivity contribution in [3.63, 3.8) is 0 Å². The van der Waals surface area contributed by atoms with Gasteiger partial charge in [-0.3, -0.25) is 9.59 Å². The number of aliphatic hydroxyl groups excluding tert-OH is 1. The molecular weight excluding hydrogens is 801 g/mol. The van der Waals surface area contributed by atoms with Gasteiger partial charge in [0.1, 0.15) is 6.61 Å². The van der Waals surface area contributed by atoms with E-state index in [0.29, 0.717) is 12.8 Å². The molecule has 65 heavy (non-hydrogen) atoms. The molecule has 5 heteroatoms. The summed E-state index contributed by atoms with van der Waals surface area (Å²) in [5, 5.41) is 9.60. The fraction of sp³-hybridized carbons (Fsp3) is 0.633. The molecule has 0 aliphatic carbocycles. The Hall–Kier alpha value is -3.70. The summed E-state index contributed by atoms with van der Waals surface area (Å²) in [4.78, 5) is 24.4. The first-order valence-electron chi connectivity index (χ1n) is 26.6. The maximum absolute atomic E-state index is 12.3. The molecule has 0 aliphatic heterocycles. The lowest BCUT2D eigenvalue weighted by Crippen LogP contribution is -2.28. The molecule has 0 heterocycles. The van der Waals surface area contributed by atoms with Crippen LogP contribution >= 0.6 is 0 Å². The fourth-order valence-electron chi connectivity index (χ4n) is 7.01. The van der Waals surface area contributed by atoms with E-state index in [9.17, 15) is 14.7 Å². The van der Waals surface area contributed by atoms with Crippen LogP contribution in [0.5, 0.6) is 0 Å². The van der Waals surface area contributed by atoms with Gasteiger partial charge >= 0.3 is 11.9 Å². The molecule has 1 atom stereocenters. The van der Waals surface area contributed by atoms with E-state index in [4.69, 9.17) is 9.47 Å². The van der Waals surface area contributed by atoms with E-state index in [2.05, 4.69) is 135 Å². The number of hydrogen-bond donors (Lipinski definition) is 1. The molecule has 0 spiro atoms. The Kier molecular flexibility index (Phi) is 51.5. The molecule has 0 aliphatic rings. The second kappa shape index (κ2) is 54.6. The van der Waals surface area contributed by atoms with Crippen LogP contribution < -0.4 is 0 Å². The average molecular weight is 899 g/mol. The van der Waals surface area contributed by atoms with Crippen LogP contribution in [0.4, 0.5) is 0 Å². The zero-order valence-electron chi connectivity index (χ0n) is 42.0. The summed E-state index contributed by atoms with van der Waals surface area (Å²) in [5.74, 6) is -0.610. The van der Waals surface area contributed by atoms with E-state index in [-0.39, 0.29) is 25.2 Å². The lowest BCUT2D eigenvalue weighted by Gasteiger charge is -2.15. The Balaban J connectivity index is 3.57. The number of hydrogen-bond acceptors (Lipinski definition) is 5. The van der Waals surface area contributed by atoms with Gasteiger partial charge in [0.2, 0.25) is 0 Å². The molecule has 0 radical (unpaired) electrons. The number of esters is 2. The summed E-state index contributed by atoms with van der Waals surface area (Å²) in [6.07, 6.45) is 80.2. The highest BCUT2D eigenvalue weighted by Crippen LogP contribution is 2.14. The Bertz CT molecular complexity index is 1340. The lowest BCUT2D eigenvalue weighted by molar-refractivity contribution is -0.161.